The first-order valence-corrected chi connectivity index (χ1v) is 14.0. The van der Waals surface area contributed by atoms with Gasteiger partial charge in [-0.1, -0.05) is 52.0 Å². The molecule has 3 aromatic carbocycles. The van der Waals surface area contributed by atoms with Gasteiger partial charge >= 0.3 is 0 Å². The highest BCUT2D eigenvalue weighted by atomic mass is 16.5. The minimum Gasteiger partial charge on any atom is -0.497 e. The summed E-state index contributed by atoms with van der Waals surface area (Å²) in [5, 5.41) is 0.540. The van der Waals surface area contributed by atoms with Gasteiger partial charge in [-0.05, 0) is 67.1 Å². The minimum atomic E-state index is -0.452. The first-order chi connectivity index (χ1) is 19.3. The minimum absolute atomic E-state index is 0.150. The van der Waals surface area contributed by atoms with Crippen LogP contribution in [-0.2, 0) is 6.42 Å². The van der Waals surface area contributed by atoms with Crippen LogP contribution in [0.2, 0.25) is 0 Å². The van der Waals surface area contributed by atoms with E-state index < -0.39 is 6.04 Å². The fourth-order valence-corrected chi connectivity index (χ4v) is 4.94. The molecule has 0 radical (unpaired) electrons. The Morgan fingerprint density at radius 2 is 1.60 bits per heavy atom. The molecule has 1 unspecified atom stereocenters. The van der Waals surface area contributed by atoms with Crippen molar-refractivity contribution in [3.8, 4) is 17.2 Å². The topological polar surface area (TPSA) is 73.7 Å². The fraction of sp³-hybridized carbons (Fsp3) is 0.364. The summed E-state index contributed by atoms with van der Waals surface area (Å²) in [6.45, 7) is 8.91. The molecular formula is C33H39N3O4. The maximum atomic E-state index is 14.2. The highest BCUT2D eigenvalue weighted by Crippen LogP contribution is 2.30. The van der Waals surface area contributed by atoms with Crippen LogP contribution in [0.4, 0.5) is 0 Å². The van der Waals surface area contributed by atoms with Crippen molar-refractivity contribution in [3.63, 3.8) is 0 Å². The number of para-hydroxylation sites is 1. The molecule has 4 aromatic rings. The van der Waals surface area contributed by atoms with E-state index >= 15 is 0 Å². The first-order valence-electron chi connectivity index (χ1n) is 14.0. The maximum Gasteiger partial charge on any atom is 0.266 e. The lowest BCUT2D eigenvalue weighted by Gasteiger charge is -2.33. The predicted molar refractivity (Wildman–Crippen MR) is 160 cm³/mol. The average Bonchev–Trinajstić information content (AvgIpc) is 2.98. The normalized spacial score (nSPS) is 12.0. The second-order valence-electron chi connectivity index (χ2n) is 10.4. The van der Waals surface area contributed by atoms with Crippen LogP contribution in [0.1, 0.15) is 68.3 Å². The number of hydrogen-bond donors (Lipinski definition) is 0. The molecule has 0 fully saturated rings. The molecule has 0 N–H and O–H groups in total. The van der Waals surface area contributed by atoms with Crippen LogP contribution in [0, 0.1) is 5.92 Å². The monoisotopic (exact) mass is 541 g/mol. The zero-order valence-corrected chi connectivity index (χ0v) is 24.3. The molecule has 0 saturated heterocycles. The Morgan fingerprint density at radius 1 is 0.950 bits per heavy atom. The number of carbonyl (C=O) groups excluding carboxylic acids is 1. The zero-order chi connectivity index (χ0) is 28.8. The number of carbonyl (C=O) groups is 1. The van der Waals surface area contributed by atoms with Gasteiger partial charge in [-0.25, -0.2) is 4.98 Å². The van der Waals surface area contributed by atoms with Gasteiger partial charge in [0.05, 0.1) is 36.9 Å². The van der Waals surface area contributed by atoms with Crippen LogP contribution < -0.4 is 15.0 Å². The van der Waals surface area contributed by atoms with Crippen LogP contribution in [0.15, 0.2) is 71.5 Å². The lowest BCUT2D eigenvalue weighted by Crippen LogP contribution is -2.39. The van der Waals surface area contributed by atoms with Gasteiger partial charge < -0.3 is 14.4 Å². The van der Waals surface area contributed by atoms with Crippen LogP contribution in [-0.4, -0.2) is 41.1 Å². The third-order valence-electron chi connectivity index (χ3n) is 7.27. The summed E-state index contributed by atoms with van der Waals surface area (Å²) in [5.74, 6) is 1.83. The molecule has 0 aliphatic heterocycles. The van der Waals surface area contributed by atoms with Gasteiger partial charge in [-0.3, -0.25) is 14.2 Å². The maximum absolute atomic E-state index is 14.2. The molecule has 210 valence electrons. The smallest absolute Gasteiger partial charge is 0.266 e. The van der Waals surface area contributed by atoms with E-state index in [2.05, 4.69) is 20.8 Å². The summed E-state index contributed by atoms with van der Waals surface area (Å²) in [6, 6.07) is 20.1. The number of nitrogens with zero attached hydrogens (tertiary/aromatic N) is 3. The van der Waals surface area contributed by atoms with Gasteiger partial charge in [0.2, 0.25) is 0 Å². The van der Waals surface area contributed by atoms with Crippen molar-refractivity contribution in [2.75, 3.05) is 20.8 Å². The Labute approximate surface area is 236 Å². The van der Waals surface area contributed by atoms with Gasteiger partial charge in [0.15, 0.2) is 0 Å². The number of aromatic nitrogens is 2. The van der Waals surface area contributed by atoms with E-state index in [0.717, 1.165) is 18.5 Å². The van der Waals surface area contributed by atoms with Crippen LogP contribution in [0.5, 0.6) is 11.5 Å². The van der Waals surface area contributed by atoms with Crippen molar-refractivity contribution < 1.29 is 14.3 Å². The molecule has 1 heterocycles. The number of benzene rings is 3. The van der Waals surface area contributed by atoms with Crippen molar-refractivity contribution in [3.05, 3.63) is 94.0 Å². The van der Waals surface area contributed by atoms with E-state index in [1.54, 1.807) is 43.1 Å². The molecular weight excluding hydrogens is 502 g/mol. The van der Waals surface area contributed by atoms with E-state index in [1.807, 2.05) is 54.3 Å². The largest absolute Gasteiger partial charge is 0.497 e. The van der Waals surface area contributed by atoms with Gasteiger partial charge in [0.25, 0.3) is 11.5 Å². The van der Waals surface area contributed by atoms with E-state index in [1.165, 1.54) is 5.56 Å². The highest BCUT2D eigenvalue weighted by molar-refractivity contribution is 5.95. The molecule has 7 nitrogen and oxygen atoms in total. The number of aryl methyl sites for hydroxylation is 1. The summed E-state index contributed by atoms with van der Waals surface area (Å²) in [5.41, 5.74) is 2.83. The second kappa shape index (κ2) is 12.8. The number of ether oxygens (including phenoxy) is 2. The molecule has 4 rings (SSSR count). The Bertz CT molecular complexity index is 1500. The summed E-state index contributed by atoms with van der Waals surface area (Å²) < 4.78 is 12.6. The molecule has 0 aliphatic rings. The van der Waals surface area contributed by atoms with Gasteiger partial charge in [-0.15, -0.1) is 0 Å². The summed E-state index contributed by atoms with van der Waals surface area (Å²) in [4.78, 5) is 35.1. The first kappa shape index (κ1) is 28.9. The standard InChI is InChI=1S/C33H39N3O4/c1-7-23-13-15-25(16-14-23)36-31(34-29-12-10-9-11-28(29)33(36)38)30(8-2)35(18-17-22(3)4)32(37)24-19-26(39-5)21-27(20-24)40-6/h9-16,19-22,30H,7-8,17-18H2,1-6H3. The molecule has 0 saturated carbocycles. The van der Waals surface area contributed by atoms with E-state index in [4.69, 9.17) is 14.5 Å². The van der Waals surface area contributed by atoms with Gasteiger partial charge in [0, 0.05) is 18.2 Å². The third kappa shape index (κ3) is 6.03. The fourth-order valence-electron chi connectivity index (χ4n) is 4.94. The van der Waals surface area contributed by atoms with Crippen molar-refractivity contribution in [1.82, 2.24) is 14.5 Å². The molecule has 1 amide bonds. The Balaban J connectivity index is 1.93. The Hall–Kier alpha value is -4.13. The van der Waals surface area contributed by atoms with E-state index in [9.17, 15) is 9.59 Å². The molecule has 1 atom stereocenters. The van der Waals surface area contributed by atoms with E-state index in [0.29, 0.717) is 52.7 Å². The Morgan fingerprint density at radius 3 is 2.17 bits per heavy atom. The lowest BCUT2D eigenvalue weighted by atomic mass is 10.0. The van der Waals surface area contributed by atoms with Crippen molar-refractivity contribution in [2.24, 2.45) is 5.92 Å². The summed E-state index contributed by atoms with van der Waals surface area (Å²) in [6.07, 6.45) is 2.27. The molecule has 0 aliphatic carbocycles. The lowest BCUT2D eigenvalue weighted by molar-refractivity contribution is 0.0648. The van der Waals surface area contributed by atoms with Crippen molar-refractivity contribution in [1.29, 1.82) is 0 Å². The van der Waals surface area contributed by atoms with Gasteiger partial charge in [-0.2, -0.15) is 0 Å². The predicted octanol–water partition coefficient (Wildman–Crippen LogP) is 6.60. The zero-order valence-electron chi connectivity index (χ0n) is 24.3. The SMILES string of the molecule is CCc1ccc(-n2c(C(CC)N(CCC(C)C)C(=O)c3cc(OC)cc(OC)c3)nc3ccccc3c2=O)cc1. The number of hydrogen-bond acceptors (Lipinski definition) is 5. The molecule has 0 spiro atoms. The number of methoxy groups -OCH3 is 2. The third-order valence-corrected chi connectivity index (χ3v) is 7.27. The summed E-state index contributed by atoms with van der Waals surface area (Å²) >= 11 is 0. The number of amides is 1. The molecule has 0 bridgehead atoms. The second-order valence-corrected chi connectivity index (χ2v) is 10.4. The number of rotatable bonds is 11. The van der Waals surface area contributed by atoms with Gasteiger partial charge in [0.1, 0.15) is 17.3 Å². The van der Waals surface area contributed by atoms with Crippen LogP contribution in [0.3, 0.4) is 0 Å². The van der Waals surface area contributed by atoms with Crippen molar-refractivity contribution in [2.45, 2.75) is 53.0 Å². The Kier molecular flexibility index (Phi) is 9.25. The average molecular weight is 542 g/mol. The quantitative estimate of drug-likeness (QED) is 0.214. The molecule has 40 heavy (non-hydrogen) atoms. The molecule has 1 aromatic heterocycles. The van der Waals surface area contributed by atoms with Crippen LogP contribution in [0.25, 0.3) is 16.6 Å². The number of fused-ring (bicyclic) bond motifs is 1. The summed E-state index contributed by atoms with van der Waals surface area (Å²) in [7, 11) is 3.13. The molecule has 7 heteroatoms. The van der Waals surface area contributed by atoms with E-state index in [-0.39, 0.29) is 11.5 Å². The van der Waals surface area contributed by atoms with Crippen molar-refractivity contribution >= 4 is 16.8 Å². The van der Waals surface area contributed by atoms with Crippen LogP contribution >= 0.6 is 0 Å². The highest BCUT2D eigenvalue weighted by Gasteiger charge is 2.30.